The van der Waals surface area contributed by atoms with Gasteiger partial charge in [0.15, 0.2) is 0 Å². The highest BCUT2D eigenvalue weighted by molar-refractivity contribution is 6.25. The molecule has 98 valence electrons. The largest absolute Gasteiger partial charge is 0.275 e. The van der Waals surface area contributed by atoms with Gasteiger partial charge in [0.25, 0.3) is 11.8 Å². The number of nitrogens with zero attached hydrogens (tertiary/aromatic N) is 4. The van der Waals surface area contributed by atoms with Crippen LogP contribution in [0.3, 0.4) is 0 Å². The average Bonchev–Trinajstić information content (AvgIpc) is 2.45. The zero-order valence-electron chi connectivity index (χ0n) is 10.7. The molecule has 0 fully saturated rings. The van der Waals surface area contributed by atoms with Crippen LogP contribution in [0.2, 0.25) is 0 Å². The summed E-state index contributed by atoms with van der Waals surface area (Å²) in [7, 11) is 0. The SMILES string of the molecule is CCN1C(=O)c2cccc3cc(N=[N+]=[N-])cc(c23)C1=O. The molecule has 0 atom stereocenters. The summed E-state index contributed by atoms with van der Waals surface area (Å²) < 4.78 is 0. The molecule has 2 aromatic carbocycles. The summed E-state index contributed by atoms with van der Waals surface area (Å²) in [6.07, 6.45) is 0. The standard InChI is InChI=1S/C14H10N4O2/c1-2-18-13(19)10-5-3-4-8-6-9(16-17-15)7-11(12(8)10)14(18)20/h3-7H,2H2,1H3. The molecule has 1 aliphatic rings. The van der Waals surface area contributed by atoms with Crippen molar-refractivity contribution < 1.29 is 9.59 Å². The van der Waals surface area contributed by atoms with Gasteiger partial charge in [-0.25, -0.2) is 0 Å². The minimum absolute atomic E-state index is 0.285. The van der Waals surface area contributed by atoms with E-state index in [2.05, 4.69) is 10.0 Å². The van der Waals surface area contributed by atoms with Gasteiger partial charge in [0.1, 0.15) is 0 Å². The number of azide groups is 1. The monoisotopic (exact) mass is 266 g/mol. The Labute approximate surface area is 114 Å². The van der Waals surface area contributed by atoms with Crippen molar-refractivity contribution in [3.8, 4) is 0 Å². The molecule has 0 saturated heterocycles. The Bertz CT molecular complexity index is 806. The average molecular weight is 266 g/mol. The smallest absolute Gasteiger partial charge is 0.261 e. The molecule has 1 heterocycles. The topological polar surface area (TPSA) is 86.1 Å². The number of carbonyl (C=O) groups is 2. The highest BCUT2D eigenvalue weighted by Gasteiger charge is 2.31. The van der Waals surface area contributed by atoms with Crippen molar-refractivity contribution in [3.63, 3.8) is 0 Å². The lowest BCUT2D eigenvalue weighted by molar-refractivity contribution is 0.0619. The number of hydrogen-bond acceptors (Lipinski definition) is 3. The number of carbonyl (C=O) groups excluding carboxylic acids is 2. The predicted molar refractivity (Wildman–Crippen MR) is 73.8 cm³/mol. The molecular formula is C14H10N4O2. The maximum Gasteiger partial charge on any atom is 0.261 e. The Balaban J connectivity index is 2.42. The van der Waals surface area contributed by atoms with E-state index in [1.807, 2.05) is 0 Å². The lowest BCUT2D eigenvalue weighted by Crippen LogP contribution is -2.39. The Kier molecular flexibility index (Phi) is 2.66. The maximum atomic E-state index is 12.4. The van der Waals surface area contributed by atoms with Gasteiger partial charge in [-0.1, -0.05) is 17.2 Å². The molecule has 0 radical (unpaired) electrons. The Hall–Kier alpha value is -2.85. The maximum absolute atomic E-state index is 12.4. The van der Waals surface area contributed by atoms with E-state index >= 15 is 0 Å². The molecule has 0 spiro atoms. The number of benzene rings is 2. The third-order valence-corrected chi connectivity index (χ3v) is 3.39. The van der Waals surface area contributed by atoms with Gasteiger partial charge in [0.2, 0.25) is 0 Å². The van der Waals surface area contributed by atoms with Crippen LogP contribution in [0.1, 0.15) is 27.6 Å². The molecule has 2 aromatic rings. The molecule has 1 aliphatic heterocycles. The molecule has 0 bridgehead atoms. The van der Waals surface area contributed by atoms with E-state index in [0.717, 1.165) is 5.39 Å². The third-order valence-electron chi connectivity index (χ3n) is 3.39. The first-order chi connectivity index (χ1) is 9.67. The highest BCUT2D eigenvalue weighted by Crippen LogP contribution is 2.33. The van der Waals surface area contributed by atoms with Crippen molar-refractivity contribution in [1.82, 2.24) is 4.90 Å². The van der Waals surface area contributed by atoms with E-state index in [1.165, 1.54) is 11.0 Å². The molecule has 20 heavy (non-hydrogen) atoms. The molecule has 0 aromatic heterocycles. The summed E-state index contributed by atoms with van der Waals surface area (Å²) in [5, 5.41) is 4.90. The van der Waals surface area contributed by atoms with Crippen LogP contribution in [-0.2, 0) is 0 Å². The fraction of sp³-hybridized carbons (Fsp3) is 0.143. The van der Waals surface area contributed by atoms with Crippen molar-refractivity contribution in [2.24, 2.45) is 5.11 Å². The first-order valence-electron chi connectivity index (χ1n) is 6.15. The van der Waals surface area contributed by atoms with Gasteiger partial charge in [-0.05, 0) is 36.0 Å². The fourth-order valence-corrected chi connectivity index (χ4v) is 2.54. The van der Waals surface area contributed by atoms with E-state index in [-0.39, 0.29) is 11.8 Å². The van der Waals surface area contributed by atoms with Crippen molar-refractivity contribution in [3.05, 3.63) is 51.9 Å². The number of amides is 2. The summed E-state index contributed by atoms with van der Waals surface area (Å²) >= 11 is 0. The quantitative estimate of drug-likeness (QED) is 0.361. The van der Waals surface area contributed by atoms with Gasteiger partial charge in [0, 0.05) is 33.7 Å². The van der Waals surface area contributed by atoms with Crippen LogP contribution in [0.15, 0.2) is 35.4 Å². The lowest BCUT2D eigenvalue weighted by atomic mass is 9.93. The lowest BCUT2D eigenvalue weighted by Gasteiger charge is -2.26. The molecular weight excluding hydrogens is 256 g/mol. The number of imide groups is 1. The minimum atomic E-state index is -0.351. The Morgan fingerprint density at radius 3 is 2.65 bits per heavy atom. The van der Waals surface area contributed by atoms with Gasteiger partial charge in [-0.2, -0.15) is 0 Å². The summed E-state index contributed by atoms with van der Waals surface area (Å²) in [6.45, 7) is 2.05. The molecule has 0 unspecified atom stereocenters. The zero-order chi connectivity index (χ0) is 14.3. The minimum Gasteiger partial charge on any atom is -0.275 e. The second-order valence-electron chi connectivity index (χ2n) is 4.44. The van der Waals surface area contributed by atoms with E-state index in [1.54, 1.807) is 31.2 Å². The molecule has 6 heteroatoms. The van der Waals surface area contributed by atoms with Gasteiger partial charge in [-0.15, -0.1) is 0 Å². The molecule has 0 N–H and O–H groups in total. The summed E-state index contributed by atoms with van der Waals surface area (Å²) in [5.74, 6) is -0.636. The summed E-state index contributed by atoms with van der Waals surface area (Å²) in [6, 6.07) is 8.45. The van der Waals surface area contributed by atoms with Crippen molar-refractivity contribution in [1.29, 1.82) is 0 Å². The molecule has 2 amide bonds. The van der Waals surface area contributed by atoms with Crippen LogP contribution in [0.4, 0.5) is 5.69 Å². The summed E-state index contributed by atoms with van der Waals surface area (Å²) in [4.78, 5) is 28.6. The predicted octanol–water partition coefficient (Wildman–Crippen LogP) is 3.40. The Morgan fingerprint density at radius 1 is 1.20 bits per heavy atom. The third kappa shape index (κ3) is 1.56. The van der Waals surface area contributed by atoms with Crippen LogP contribution in [0.5, 0.6) is 0 Å². The van der Waals surface area contributed by atoms with Gasteiger partial charge >= 0.3 is 0 Å². The fourth-order valence-electron chi connectivity index (χ4n) is 2.54. The van der Waals surface area contributed by atoms with Crippen molar-refractivity contribution in [2.45, 2.75) is 6.92 Å². The van der Waals surface area contributed by atoms with Crippen LogP contribution < -0.4 is 0 Å². The zero-order valence-corrected chi connectivity index (χ0v) is 10.7. The van der Waals surface area contributed by atoms with Gasteiger partial charge in [-0.3, -0.25) is 14.5 Å². The van der Waals surface area contributed by atoms with Gasteiger partial charge in [0.05, 0.1) is 0 Å². The van der Waals surface area contributed by atoms with E-state index in [0.29, 0.717) is 28.7 Å². The van der Waals surface area contributed by atoms with E-state index in [9.17, 15) is 9.59 Å². The normalized spacial score (nSPS) is 13.6. The van der Waals surface area contributed by atoms with Crippen molar-refractivity contribution in [2.75, 3.05) is 6.54 Å². The number of hydrogen-bond donors (Lipinski definition) is 0. The van der Waals surface area contributed by atoms with Crippen LogP contribution >= 0.6 is 0 Å². The molecule has 0 aliphatic carbocycles. The van der Waals surface area contributed by atoms with Gasteiger partial charge < -0.3 is 0 Å². The van der Waals surface area contributed by atoms with Crippen LogP contribution in [0.25, 0.3) is 21.2 Å². The van der Waals surface area contributed by atoms with Crippen molar-refractivity contribution >= 4 is 28.3 Å². The first kappa shape index (κ1) is 12.2. The Morgan fingerprint density at radius 2 is 1.95 bits per heavy atom. The highest BCUT2D eigenvalue weighted by atomic mass is 16.2. The molecule has 0 saturated carbocycles. The molecule has 3 rings (SSSR count). The van der Waals surface area contributed by atoms with Crippen LogP contribution in [0, 0.1) is 0 Å². The molecule has 6 nitrogen and oxygen atoms in total. The first-order valence-corrected chi connectivity index (χ1v) is 6.15. The van der Waals surface area contributed by atoms with E-state index < -0.39 is 0 Å². The second-order valence-corrected chi connectivity index (χ2v) is 4.44. The van der Waals surface area contributed by atoms with Crippen LogP contribution in [-0.4, -0.2) is 23.3 Å². The second kappa shape index (κ2) is 4.36. The summed E-state index contributed by atoms with van der Waals surface area (Å²) in [5.41, 5.74) is 9.82. The van der Waals surface area contributed by atoms with E-state index in [4.69, 9.17) is 5.53 Å². The number of rotatable bonds is 2.